The third-order valence-electron chi connectivity index (χ3n) is 3.49. The van der Waals surface area contributed by atoms with E-state index < -0.39 is 11.5 Å². The predicted octanol–water partition coefficient (Wildman–Crippen LogP) is 1.81. The monoisotopic (exact) mass is 263 g/mol. The maximum absolute atomic E-state index is 11.2. The lowest BCUT2D eigenvalue weighted by Crippen LogP contribution is -2.32. The van der Waals surface area contributed by atoms with E-state index in [9.17, 15) is 14.7 Å². The summed E-state index contributed by atoms with van der Waals surface area (Å²) in [6.07, 6.45) is 3.53. The molecule has 0 unspecified atom stereocenters. The number of methoxy groups -OCH3 is 1. The summed E-state index contributed by atoms with van der Waals surface area (Å²) in [6.45, 7) is 0. The van der Waals surface area contributed by atoms with E-state index in [1.807, 2.05) is 0 Å². The number of hydrogen-bond acceptors (Lipinski definition) is 5. The van der Waals surface area contributed by atoms with Crippen LogP contribution in [0.2, 0.25) is 0 Å². The van der Waals surface area contributed by atoms with Crippen molar-refractivity contribution < 1.29 is 24.5 Å². The van der Waals surface area contributed by atoms with Crippen molar-refractivity contribution in [3.8, 4) is 11.5 Å². The molecule has 1 aromatic carbocycles. The fourth-order valence-electron chi connectivity index (χ4n) is 2.32. The molecule has 6 heteroatoms. The molecular formula is C13H13NO5. The van der Waals surface area contributed by atoms with Gasteiger partial charge in [0.25, 0.3) is 0 Å². The molecule has 0 atom stereocenters. The Morgan fingerprint density at radius 3 is 2.58 bits per heavy atom. The van der Waals surface area contributed by atoms with Crippen molar-refractivity contribution in [2.45, 2.75) is 24.8 Å². The second-order valence-electron chi connectivity index (χ2n) is 4.46. The van der Waals surface area contributed by atoms with Crippen LogP contribution in [-0.2, 0) is 10.3 Å². The summed E-state index contributed by atoms with van der Waals surface area (Å²) in [6, 6.07) is 2.55. The Hall–Kier alpha value is -2.33. The van der Waals surface area contributed by atoms with Crippen LogP contribution >= 0.6 is 0 Å². The Bertz CT molecular complexity index is 571. The smallest absolute Gasteiger partial charge is 0.339 e. The molecule has 2 N–H and O–H groups in total. The first kappa shape index (κ1) is 13.1. The molecule has 2 rings (SSSR count). The molecule has 0 bridgehead atoms. The Morgan fingerprint density at radius 1 is 1.47 bits per heavy atom. The van der Waals surface area contributed by atoms with Crippen molar-refractivity contribution in [1.29, 1.82) is 0 Å². The SMILES string of the molecule is COc1cc(O)c(C2(N=C=O)CCC2)cc1C(=O)O. The van der Waals surface area contributed by atoms with Crippen molar-refractivity contribution in [1.82, 2.24) is 0 Å². The number of aromatic carboxylic acids is 1. The third kappa shape index (κ3) is 2.06. The lowest BCUT2D eigenvalue weighted by atomic mass is 9.71. The molecule has 0 aliphatic heterocycles. The largest absolute Gasteiger partial charge is 0.507 e. The number of carbonyl (C=O) groups excluding carboxylic acids is 1. The first-order valence-corrected chi connectivity index (χ1v) is 5.78. The maximum atomic E-state index is 11.2. The van der Waals surface area contributed by atoms with Gasteiger partial charge in [-0.1, -0.05) is 0 Å². The van der Waals surface area contributed by atoms with E-state index >= 15 is 0 Å². The number of isocyanates is 1. The number of phenols is 1. The Kier molecular flexibility index (Phi) is 3.27. The zero-order valence-corrected chi connectivity index (χ0v) is 10.3. The lowest BCUT2D eigenvalue weighted by Gasteiger charge is -2.37. The Balaban J connectivity index is 2.61. The van der Waals surface area contributed by atoms with Gasteiger partial charge < -0.3 is 14.9 Å². The van der Waals surface area contributed by atoms with Crippen LogP contribution in [0.4, 0.5) is 0 Å². The minimum Gasteiger partial charge on any atom is -0.507 e. The molecular weight excluding hydrogens is 250 g/mol. The number of aromatic hydroxyl groups is 1. The number of aliphatic imine (C=N–C) groups is 1. The molecule has 1 aliphatic carbocycles. The fourth-order valence-corrected chi connectivity index (χ4v) is 2.32. The number of phenolic OH excluding ortho intramolecular Hbond substituents is 1. The number of hydrogen-bond donors (Lipinski definition) is 2. The molecule has 1 aliphatic rings. The highest BCUT2D eigenvalue weighted by Gasteiger charge is 2.41. The maximum Gasteiger partial charge on any atom is 0.339 e. The zero-order chi connectivity index (χ0) is 14.0. The van der Waals surface area contributed by atoms with Crippen molar-refractivity contribution in [2.24, 2.45) is 4.99 Å². The minimum atomic E-state index is -1.16. The summed E-state index contributed by atoms with van der Waals surface area (Å²) in [5.41, 5.74) is -0.578. The summed E-state index contributed by atoms with van der Waals surface area (Å²) >= 11 is 0. The topological polar surface area (TPSA) is 96.2 Å². The van der Waals surface area contributed by atoms with Crippen LogP contribution in [0.1, 0.15) is 35.2 Å². The molecule has 0 saturated heterocycles. The predicted molar refractivity (Wildman–Crippen MR) is 65.3 cm³/mol. The van der Waals surface area contributed by atoms with E-state index in [0.29, 0.717) is 18.4 Å². The van der Waals surface area contributed by atoms with Gasteiger partial charge in [-0.05, 0) is 25.3 Å². The first-order valence-electron chi connectivity index (χ1n) is 5.78. The molecule has 0 spiro atoms. The summed E-state index contributed by atoms with van der Waals surface area (Å²) in [4.78, 5) is 25.4. The van der Waals surface area contributed by atoms with E-state index in [0.717, 1.165) is 6.42 Å². The number of carboxylic acids is 1. The average molecular weight is 263 g/mol. The quantitative estimate of drug-likeness (QED) is 0.638. The highest BCUT2D eigenvalue weighted by Crippen LogP contribution is 2.49. The molecule has 0 radical (unpaired) electrons. The molecule has 1 saturated carbocycles. The van der Waals surface area contributed by atoms with E-state index in [4.69, 9.17) is 9.84 Å². The highest BCUT2D eigenvalue weighted by molar-refractivity contribution is 5.91. The van der Waals surface area contributed by atoms with Gasteiger partial charge in [0.2, 0.25) is 6.08 Å². The molecule has 19 heavy (non-hydrogen) atoms. The number of ether oxygens (including phenoxy) is 1. The van der Waals surface area contributed by atoms with Crippen LogP contribution in [0.25, 0.3) is 0 Å². The van der Waals surface area contributed by atoms with Gasteiger partial charge in [0.15, 0.2) is 0 Å². The highest BCUT2D eigenvalue weighted by atomic mass is 16.5. The minimum absolute atomic E-state index is 0.0670. The molecule has 1 aromatic rings. The molecule has 0 amide bonds. The van der Waals surface area contributed by atoms with Gasteiger partial charge in [-0.25, -0.2) is 9.59 Å². The van der Waals surface area contributed by atoms with E-state index in [-0.39, 0.29) is 17.1 Å². The zero-order valence-electron chi connectivity index (χ0n) is 10.3. The second kappa shape index (κ2) is 4.74. The summed E-state index contributed by atoms with van der Waals surface area (Å²) in [5, 5.41) is 19.1. The van der Waals surface area contributed by atoms with Gasteiger partial charge in [-0.15, -0.1) is 0 Å². The van der Waals surface area contributed by atoms with Gasteiger partial charge in [-0.3, -0.25) is 0 Å². The normalized spacial score (nSPS) is 16.1. The number of benzene rings is 1. The Labute approximate surface area is 109 Å². The summed E-state index contributed by atoms with van der Waals surface area (Å²) < 4.78 is 4.92. The van der Waals surface area contributed by atoms with Crippen LogP contribution in [0, 0.1) is 0 Å². The van der Waals surface area contributed by atoms with Crippen molar-refractivity contribution in [3.05, 3.63) is 23.3 Å². The lowest BCUT2D eigenvalue weighted by molar-refractivity contribution is 0.0693. The van der Waals surface area contributed by atoms with Crippen LogP contribution in [0.3, 0.4) is 0 Å². The summed E-state index contributed by atoms with van der Waals surface area (Å²) in [7, 11) is 1.32. The van der Waals surface area contributed by atoms with Gasteiger partial charge in [0.05, 0.1) is 7.11 Å². The number of nitrogens with zero attached hydrogens (tertiary/aromatic N) is 1. The van der Waals surface area contributed by atoms with Crippen LogP contribution in [0.5, 0.6) is 11.5 Å². The third-order valence-corrected chi connectivity index (χ3v) is 3.49. The van der Waals surface area contributed by atoms with E-state index in [1.54, 1.807) is 0 Å². The second-order valence-corrected chi connectivity index (χ2v) is 4.46. The molecule has 100 valence electrons. The molecule has 0 heterocycles. The Morgan fingerprint density at radius 2 is 2.16 bits per heavy atom. The van der Waals surface area contributed by atoms with Crippen LogP contribution in [0.15, 0.2) is 17.1 Å². The van der Waals surface area contributed by atoms with E-state index in [1.165, 1.54) is 25.3 Å². The number of carboxylic acid groups (broad SMARTS) is 1. The van der Waals surface area contributed by atoms with Gasteiger partial charge in [0.1, 0.15) is 22.6 Å². The van der Waals surface area contributed by atoms with Crippen LogP contribution in [-0.4, -0.2) is 29.4 Å². The fraction of sp³-hybridized carbons (Fsp3) is 0.385. The number of rotatable bonds is 4. The van der Waals surface area contributed by atoms with Gasteiger partial charge in [0, 0.05) is 11.6 Å². The average Bonchev–Trinajstić information content (AvgIpc) is 2.33. The van der Waals surface area contributed by atoms with Gasteiger partial charge >= 0.3 is 5.97 Å². The molecule has 6 nitrogen and oxygen atoms in total. The standard InChI is InChI=1S/C13H13NO5/c1-19-11-6-10(16)9(5-8(11)12(17)18)13(14-7-15)3-2-4-13/h5-6,16H,2-4H2,1H3,(H,17,18). The van der Waals surface area contributed by atoms with Crippen molar-refractivity contribution in [3.63, 3.8) is 0 Å². The van der Waals surface area contributed by atoms with Gasteiger partial charge in [-0.2, -0.15) is 4.99 Å². The molecule has 0 aromatic heterocycles. The van der Waals surface area contributed by atoms with Crippen LogP contribution < -0.4 is 4.74 Å². The summed E-state index contributed by atoms with van der Waals surface area (Å²) in [5.74, 6) is -1.22. The van der Waals surface area contributed by atoms with Crippen molar-refractivity contribution >= 4 is 12.0 Å². The van der Waals surface area contributed by atoms with E-state index in [2.05, 4.69) is 4.99 Å². The molecule has 1 fully saturated rings. The van der Waals surface area contributed by atoms with Crippen molar-refractivity contribution in [2.75, 3.05) is 7.11 Å². The first-order chi connectivity index (χ1) is 9.04. The number of carbonyl (C=O) groups is 1.